The van der Waals surface area contributed by atoms with Gasteiger partial charge in [0.1, 0.15) is 18.0 Å². The van der Waals surface area contributed by atoms with Crippen LogP contribution >= 0.6 is 0 Å². The Morgan fingerprint density at radius 2 is 2.00 bits per heavy atom. The SMILES string of the molecule is Cc1c(-c2ccc3c(c2)OCC(CO)O3)oc2ccccc2c1=O. The number of hydrogen-bond acceptors (Lipinski definition) is 5. The fourth-order valence-electron chi connectivity index (χ4n) is 2.86. The van der Waals surface area contributed by atoms with Crippen molar-refractivity contribution >= 4 is 11.0 Å². The van der Waals surface area contributed by atoms with Gasteiger partial charge in [0.2, 0.25) is 0 Å². The highest BCUT2D eigenvalue weighted by atomic mass is 16.6. The van der Waals surface area contributed by atoms with Crippen LogP contribution in [0.15, 0.2) is 51.7 Å². The molecule has 2 aromatic carbocycles. The molecule has 1 N–H and O–H groups in total. The molecule has 1 unspecified atom stereocenters. The molecule has 0 saturated carbocycles. The van der Waals surface area contributed by atoms with E-state index in [9.17, 15) is 4.79 Å². The van der Waals surface area contributed by atoms with Gasteiger partial charge >= 0.3 is 0 Å². The molecule has 0 fully saturated rings. The van der Waals surface area contributed by atoms with E-state index < -0.39 is 0 Å². The third-order valence-corrected chi connectivity index (χ3v) is 4.15. The molecule has 0 radical (unpaired) electrons. The minimum Gasteiger partial charge on any atom is -0.486 e. The quantitative estimate of drug-likeness (QED) is 0.785. The van der Waals surface area contributed by atoms with Gasteiger partial charge in [-0.25, -0.2) is 0 Å². The summed E-state index contributed by atoms with van der Waals surface area (Å²) in [5.41, 5.74) is 1.82. The Hall–Kier alpha value is -2.79. The van der Waals surface area contributed by atoms with Gasteiger partial charge in [0.25, 0.3) is 0 Å². The summed E-state index contributed by atoms with van der Waals surface area (Å²) >= 11 is 0. The van der Waals surface area contributed by atoms with Crippen LogP contribution in [0.1, 0.15) is 5.56 Å². The molecular weight excluding hydrogens is 308 g/mol. The molecule has 1 atom stereocenters. The molecule has 2 heterocycles. The van der Waals surface area contributed by atoms with Crippen LogP contribution in [0.3, 0.4) is 0 Å². The van der Waals surface area contributed by atoms with E-state index in [0.29, 0.717) is 33.8 Å². The topological polar surface area (TPSA) is 68.9 Å². The first kappa shape index (κ1) is 14.8. The molecule has 122 valence electrons. The molecule has 3 aromatic rings. The highest BCUT2D eigenvalue weighted by molar-refractivity contribution is 5.80. The van der Waals surface area contributed by atoms with Gasteiger partial charge in [-0.05, 0) is 37.3 Å². The highest BCUT2D eigenvalue weighted by Crippen LogP contribution is 2.36. The van der Waals surface area contributed by atoms with Crippen molar-refractivity contribution in [3.8, 4) is 22.8 Å². The second-order valence-corrected chi connectivity index (χ2v) is 5.78. The first-order chi connectivity index (χ1) is 11.7. The number of ether oxygens (including phenoxy) is 2. The molecule has 0 spiro atoms. The van der Waals surface area contributed by atoms with Crippen molar-refractivity contribution in [3.05, 3.63) is 58.3 Å². The Kier molecular flexibility index (Phi) is 3.50. The van der Waals surface area contributed by atoms with E-state index in [1.54, 1.807) is 31.2 Å². The zero-order chi connectivity index (χ0) is 16.7. The zero-order valence-corrected chi connectivity index (χ0v) is 13.1. The van der Waals surface area contributed by atoms with Gasteiger partial charge in [0, 0.05) is 11.1 Å². The van der Waals surface area contributed by atoms with Crippen LogP contribution in [0.25, 0.3) is 22.3 Å². The van der Waals surface area contributed by atoms with E-state index in [2.05, 4.69) is 0 Å². The lowest BCUT2D eigenvalue weighted by atomic mass is 10.0. The summed E-state index contributed by atoms with van der Waals surface area (Å²) in [6, 6.07) is 12.6. The number of benzene rings is 2. The van der Waals surface area contributed by atoms with Crippen molar-refractivity contribution in [3.63, 3.8) is 0 Å². The van der Waals surface area contributed by atoms with E-state index in [0.717, 1.165) is 5.56 Å². The molecule has 0 amide bonds. The highest BCUT2D eigenvalue weighted by Gasteiger charge is 2.22. The van der Waals surface area contributed by atoms with Crippen LogP contribution in [-0.2, 0) is 0 Å². The number of aliphatic hydroxyl groups excluding tert-OH is 1. The zero-order valence-electron chi connectivity index (χ0n) is 13.1. The van der Waals surface area contributed by atoms with Crippen LogP contribution in [0.4, 0.5) is 0 Å². The van der Waals surface area contributed by atoms with E-state index in [4.69, 9.17) is 19.0 Å². The second-order valence-electron chi connectivity index (χ2n) is 5.78. The maximum Gasteiger partial charge on any atom is 0.196 e. The number of para-hydroxylation sites is 1. The molecule has 1 aliphatic heterocycles. The van der Waals surface area contributed by atoms with Crippen molar-refractivity contribution in [2.75, 3.05) is 13.2 Å². The summed E-state index contributed by atoms with van der Waals surface area (Å²) < 4.78 is 17.2. The monoisotopic (exact) mass is 324 g/mol. The molecule has 5 heteroatoms. The smallest absolute Gasteiger partial charge is 0.196 e. The van der Waals surface area contributed by atoms with Crippen LogP contribution in [0, 0.1) is 6.92 Å². The fourth-order valence-corrected chi connectivity index (χ4v) is 2.86. The minimum absolute atomic E-state index is 0.0397. The third-order valence-electron chi connectivity index (χ3n) is 4.15. The minimum atomic E-state index is -0.358. The lowest BCUT2D eigenvalue weighted by Gasteiger charge is -2.25. The average Bonchev–Trinajstić information content (AvgIpc) is 2.64. The van der Waals surface area contributed by atoms with Gasteiger partial charge < -0.3 is 19.0 Å². The molecule has 4 rings (SSSR count). The third kappa shape index (κ3) is 2.34. The molecular formula is C19H16O5. The summed E-state index contributed by atoms with van der Waals surface area (Å²) in [5.74, 6) is 1.67. The average molecular weight is 324 g/mol. The Morgan fingerprint density at radius 1 is 1.17 bits per heavy atom. The van der Waals surface area contributed by atoms with Crippen molar-refractivity contribution in [1.82, 2.24) is 0 Å². The number of fused-ring (bicyclic) bond motifs is 2. The molecule has 1 aromatic heterocycles. The van der Waals surface area contributed by atoms with Gasteiger partial charge in [0.05, 0.1) is 12.0 Å². The Labute approximate surface area is 138 Å². The summed E-state index contributed by atoms with van der Waals surface area (Å²) in [6.45, 7) is 1.94. The molecule has 0 aliphatic carbocycles. The van der Waals surface area contributed by atoms with E-state index in [-0.39, 0.29) is 24.7 Å². The summed E-state index contributed by atoms with van der Waals surface area (Å²) in [5, 5.41) is 9.73. The van der Waals surface area contributed by atoms with Crippen LogP contribution in [0.2, 0.25) is 0 Å². The number of rotatable bonds is 2. The van der Waals surface area contributed by atoms with Gasteiger partial charge in [-0.1, -0.05) is 12.1 Å². The maximum atomic E-state index is 12.5. The number of aliphatic hydroxyl groups is 1. The molecule has 0 saturated heterocycles. The van der Waals surface area contributed by atoms with Crippen LogP contribution in [0.5, 0.6) is 11.5 Å². The fraction of sp³-hybridized carbons (Fsp3) is 0.211. The predicted octanol–water partition coefficient (Wildman–Crippen LogP) is 2.90. The van der Waals surface area contributed by atoms with Crippen molar-refractivity contribution < 1.29 is 19.0 Å². The van der Waals surface area contributed by atoms with Crippen molar-refractivity contribution in [1.29, 1.82) is 0 Å². The first-order valence-corrected chi connectivity index (χ1v) is 7.74. The molecule has 5 nitrogen and oxygen atoms in total. The summed E-state index contributed by atoms with van der Waals surface area (Å²) in [6.07, 6.45) is -0.358. The van der Waals surface area contributed by atoms with Crippen LogP contribution in [-0.4, -0.2) is 24.4 Å². The summed E-state index contributed by atoms with van der Waals surface area (Å²) in [4.78, 5) is 12.5. The molecule has 0 bridgehead atoms. The predicted molar refractivity (Wildman–Crippen MR) is 89.7 cm³/mol. The van der Waals surface area contributed by atoms with Gasteiger partial charge in [0.15, 0.2) is 23.0 Å². The van der Waals surface area contributed by atoms with Gasteiger partial charge in [-0.15, -0.1) is 0 Å². The van der Waals surface area contributed by atoms with E-state index >= 15 is 0 Å². The lowest BCUT2D eigenvalue weighted by Crippen LogP contribution is -2.32. The summed E-state index contributed by atoms with van der Waals surface area (Å²) in [7, 11) is 0. The molecule has 1 aliphatic rings. The molecule has 24 heavy (non-hydrogen) atoms. The van der Waals surface area contributed by atoms with Crippen molar-refractivity contribution in [2.45, 2.75) is 13.0 Å². The standard InChI is InChI=1S/C19H16O5/c1-11-18(21)14-4-2-3-5-15(14)24-19(11)12-6-7-16-17(8-12)22-10-13(9-20)23-16/h2-8,13,20H,9-10H2,1H3. The number of hydrogen-bond donors (Lipinski definition) is 1. The maximum absolute atomic E-state index is 12.5. The van der Waals surface area contributed by atoms with Gasteiger partial charge in [-0.3, -0.25) is 4.79 Å². The van der Waals surface area contributed by atoms with E-state index in [1.807, 2.05) is 18.2 Å². The van der Waals surface area contributed by atoms with Gasteiger partial charge in [-0.2, -0.15) is 0 Å². The Balaban J connectivity index is 1.84. The van der Waals surface area contributed by atoms with Crippen molar-refractivity contribution in [2.24, 2.45) is 0 Å². The largest absolute Gasteiger partial charge is 0.486 e. The normalized spacial score (nSPS) is 16.3. The van der Waals surface area contributed by atoms with Crippen LogP contribution < -0.4 is 14.9 Å². The Morgan fingerprint density at radius 3 is 2.83 bits per heavy atom. The first-order valence-electron chi connectivity index (χ1n) is 7.74. The second kappa shape index (κ2) is 5.69. The lowest BCUT2D eigenvalue weighted by molar-refractivity contribution is 0.0457. The van der Waals surface area contributed by atoms with E-state index in [1.165, 1.54) is 0 Å². The Bertz CT molecular complexity index is 973.